The average molecular weight is 358 g/mol. The molecule has 1 aromatic carbocycles. The van der Waals surface area contributed by atoms with Gasteiger partial charge in [0.1, 0.15) is 6.04 Å². The molecule has 142 valence electrons. The summed E-state index contributed by atoms with van der Waals surface area (Å²) in [6.07, 6.45) is 5.13. The Kier molecular flexibility index (Phi) is 6.67. The zero-order chi connectivity index (χ0) is 18.4. The third-order valence-corrected chi connectivity index (χ3v) is 5.45. The van der Waals surface area contributed by atoms with Crippen LogP contribution in [0.3, 0.4) is 0 Å². The Morgan fingerprint density at radius 2 is 1.81 bits per heavy atom. The van der Waals surface area contributed by atoms with E-state index in [2.05, 4.69) is 4.90 Å². The molecule has 1 aromatic rings. The number of rotatable bonds is 5. The number of piperidine rings is 2. The Morgan fingerprint density at radius 1 is 1.08 bits per heavy atom. The largest absolute Gasteiger partial charge is 0.466 e. The molecule has 2 saturated heterocycles. The molecule has 2 aliphatic heterocycles. The SMILES string of the molecule is CCOC(=O)C1CCCN(C(C(=O)N2CCCCC2)c2ccccc2)C1. The molecule has 2 fully saturated rings. The van der Waals surface area contributed by atoms with Gasteiger partial charge >= 0.3 is 5.97 Å². The normalized spacial score (nSPS) is 22.7. The van der Waals surface area contributed by atoms with Crippen LogP contribution in [0.25, 0.3) is 0 Å². The summed E-state index contributed by atoms with van der Waals surface area (Å²) in [7, 11) is 0. The monoisotopic (exact) mass is 358 g/mol. The van der Waals surface area contributed by atoms with Crippen LogP contribution >= 0.6 is 0 Å². The summed E-state index contributed by atoms with van der Waals surface area (Å²) in [5.74, 6) is -0.0843. The number of carbonyl (C=O) groups excluding carboxylic acids is 2. The number of carbonyl (C=O) groups is 2. The smallest absolute Gasteiger partial charge is 0.310 e. The number of amides is 1. The number of benzene rings is 1. The Balaban J connectivity index is 1.80. The van der Waals surface area contributed by atoms with E-state index in [1.807, 2.05) is 42.2 Å². The van der Waals surface area contributed by atoms with Gasteiger partial charge in [0.25, 0.3) is 0 Å². The first kappa shape index (κ1) is 18.9. The van der Waals surface area contributed by atoms with Crippen LogP contribution in [0, 0.1) is 5.92 Å². The van der Waals surface area contributed by atoms with Crippen LogP contribution in [0.15, 0.2) is 30.3 Å². The maximum absolute atomic E-state index is 13.4. The molecule has 2 aliphatic rings. The van der Waals surface area contributed by atoms with E-state index < -0.39 is 0 Å². The van der Waals surface area contributed by atoms with E-state index in [0.29, 0.717) is 13.2 Å². The van der Waals surface area contributed by atoms with Crippen LogP contribution < -0.4 is 0 Å². The molecule has 1 amide bonds. The summed E-state index contributed by atoms with van der Waals surface area (Å²) in [6, 6.07) is 9.70. The molecular weight excluding hydrogens is 328 g/mol. The number of hydrogen-bond donors (Lipinski definition) is 0. The minimum Gasteiger partial charge on any atom is -0.466 e. The summed E-state index contributed by atoms with van der Waals surface area (Å²) < 4.78 is 5.23. The van der Waals surface area contributed by atoms with Crippen molar-refractivity contribution in [3.05, 3.63) is 35.9 Å². The molecule has 0 aromatic heterocycles. The van der Waals surface area contributed by atoms with Gasteiger partial charge in [0.2, 0.25) is 5.91 Å². The van der Waals surface area contributed by atoms with E-state index in [9.17, 15) is 9.59 Å². The zero-order valence-electron chi connectivity index (χ0n) is 15.7. The fraction of sp³-hybridized carbons (Fsp3) is 0.619. The van der Waals surface area contributed by atoms with Crippen molar-refractivity contribution >= 4 is 11.9 Å². The van der Waals surface area contributed by atoms with Crippen molar-refractivity contribution < 1.29 is 14.3 Å². The predicted molar refractivity (Wildman–Crippen MR) is 101 cm³/mol. The predicted octanol–water partition coefficient (Wildman–Crippen LogP) is 3.02. The molecule has 0 saturated carbocycles. The average Bonchev–Trinajstić information content (AvgIpc) is 2.70. The number of esters is 1. The molecule has 5 heteroatoms. The van der Waals surface area contributed by atoms with Crippen molar-refractivity contribution in [2.24, 2.45) is 5.92 Å². The Bertz CT molecular complexity index is 599. The second-order valence-electron chi connectivity index (χ2n) is 7.29. The van der Waals surface area contributed by atoms with Gasteiger partial charge < -0.3 is 9.64 Å². The lowest BCUT2D eigenvalue weighted by Gasteiger charge is -2.39. The van der Waals surface area contributed by atoms with E-state index in [0.717, 1.165) is 50.9 Å². The maximum Gasteiger partial charge on any atom is 0.310 e. The summed E-state index contributed by atoms with van der Waals surface area (Å²) in [5, 5.41) is 0. The standard InChI is InChI=1S/C21H30N2O3/c1-2-26-21(25)18-12-9-15-23(16-18)19(17-10-5-3-6-11-17)20(24)22-13-7-4-8-14-22/h3,5-6,10-11,18-19H,2,4,7-9,12-16H2,1H3. The van der Waals surface area contributed by atoms with E-state index >= 15 is 0 Å². The Hall–Kier alpha value is -1.88. The Morgan fingerprint density at radius 3 is 2.50 bits per heavy atom. The van der Waals surface area contributed by atoms with Crippen LogP contribution in [0.2, 0.25) is 0 Å². The lowest BCUT2D eigenvalue weighted by molar-refractivity contribution is -0.152. The number of ether oxygens (including phenoxy) is 1. The summed E-state index contributed by atoms with van der Waals surface area (Å²) in [4.78, 5) is 29.8. The molecule has 3 rings (SSSR count). The van der Waals surface area contributed by atoms with Crippen LogP contribution in [-0.4, -0.2) is 54.5 Å². The van der Waals surface area contributed by atoms with Crippen molar-refractivity contribution in [2.75, 3.05) is 32.8 Å². The summed E-state index contributed by atoms with van der Waals surface area (Å²) >= 11 is 0. The minimum absolute atomic E-state index is 0.130. The third kappa shape index (κ3) is 4.44. The van der Waals surface area contributed by atoms with Gasteiger partial charge in [-0.2, -0.15) is 0 Å². The van der Waals surface area contributed by atoms with Gasteiger partial charge in [-0.25, -0.2) is 0 Å². The van der Waals surface area contributed by atoms with Gasteiger partial charge in [0.15, 0.2) is 0 Å². The number of hydrogen-bond acceptors (Lipinski definition) is 4. The van der Waals surface area contributed by atoms with Crippen molar-refractivity contribution in [2.45, 2.75) is 45.1 Å². The molecule has 26 heavy (non-hydrogen) atoms. The van der Waals surface area contributed by atoms with Crippen molar-refractivity contribution in [1.82, 2.24) is 9.80 Å². The van der Waals surface area contributed by atoms with Gasteiger partial charge in [-0.05, 0) is 51.1 Å². The van der Waals surface area contributed by atoms with Crippen LogP contribution in [-0.2, 0) is 14.3 Å². The molecule has 0 aliphatic carbocycles. The first-order valence-corrected chi connectivity index (χ1v) is 9.95. The zero-order valence-corrected chi connectivity index (χ0v) is 15.7. The lowest BCUT2D eigenvalue weighted by Crippen LogP contribution is -2.49. The highest BCUT2D eigenvalue weighted by Crippen LogP contribution is 2.30. The topological polar surface area (TPSA) is 49.9 Å². The molecular formula is C21H30N2O3. The first-order valence-electron chi connectivity index (χ1n) is 9.95. The fourth-order valence-corrected chi connectivity index (χ4v) is 4.13. The maximum atomic E-state index is 13.4. The minimum atomic E-state index is -0.300. The van der Waals surface area contributed by atoms with Crippen LogP contribution in [0.4, 0.5) is 0 Å². The van der Waals surface area contributed by atoms with E-state index in [4.69, 9.17) is 4.74 Å². The van der Waals surface area contributed by atoms with Gasteiger partial charge in [-0.1, -0.05) is 30.3 Å². The van der Waals surface area contributed by atoms with Crippen LogP contribution in [0.1, 0.15) is 50.6 Å². The summed E-state index contributed by atoms with van der Waals surface area (Å²) in [5.41, 5.74) is 1.02. The molecule has 5 nitrogen and oxygen atoms in total. The van der Waals surface area contributed by atoms with Crippen molar-refractivity contribution in [1.29, 1.82) is 0 Å². The molecule has 2 unspecified atom stereocenters. The highest BCUT2D eigenvalue weighted by molar-refractivity contribution is 5.83. The first-order chi connectivity index (χ1) is 12.7. The van der Waals surface area contributed by atoms with E-state index in [1.165, 1.54) is 6.42 Å². The molecule has 2 atom stereocenters. The molecule has 0 N–H and O–H groups in total. The van der Waals surface area contributed by atoms with E-state index in [1.54, 1.807) is 0 Å². The highest BCUT2D eigenvalue weighted by atomic mass is 16.5. The quantitative estimate of drug-likeness (QED) is 0.759. The van der Waals surface area contributed by atoms with Gasteiger partial charge in [0, 0.05) is 19.6 Å². The van der Waals surface area contributed by atoms with Gasteiger partial charge in [-0.15, -0.1) is 0 Å². The second-order valence-corrected chi connectivity index (χ2v) is 7.29. The van der Waals surface area contributed by atoms with Gasteiger partial charge in [-0.3, -0.25) is 14.5 Å². The molecule has 2 heterocycles. The van der Waals surface area contributed by atoms with Crippen LogP contribution in [0.5, 0.6) is 0 Å². The number of nitrogens with zero attached hydrogens (tertiary/aromatic N) is 2. The molecule has 0 bridgehead atoms. The van der Waals surface area contributed by atoms with E-state index in [-0.39, 0.29) is 23.8 Å². The Labute approximate surface area is 156 Å². The summed E-state index contributed by atoms with van der Waals surface area (Å²) in [6.45, 7) is 5.37. The fourth-order valence-electron chi connectivity index (χ4n) is 4.13. The van der Waals surface area contributed by atoms with Gasteiger partial charge in [0.05, 0.1) is 12.5 Å². The van der Waals surface area contributed by atoms with Crippen molar-refractivity contribution in [3.63, 3.8) is 0 Å². The van der Waals surface area contributed by atoms with Crippen molar-refractivity contribution in [3.8, 4) is 0 Å². The molecule has 0 spiro atoms. The third-order valence-electron chi connectivity index (χ3n) is 5.45. The second kappa shape index (κ2) is 9.17. The number of likely N-dealkylation sites (tertiary alicyclic amines) is 2. The lowest BCUT2D eigenvalue weighted by atomic mass is 9.94. The highest BCUT2D eigenvalue weighted by Gasteiger charge is 2.36. The molecule has 0 radical (unpaired) electrons.